The molecule has 2 aromatic rings. The maximum absolute atomic E-state index is 13.0. The Bertz CT molecular complexity index is 853. The van der Waals surface area contributed by atoms with Crippen molar-refractivity contribution in [3.8, 4) is 0 Å². The summed E-state index contributed by atoms with van der Waals surface area (Å²) in [5, 5.41) is 4.79. The summed E-state index contributed by atoms with van der Waals surface area (Å²) < 4.78 is 27.5. The maximum Gasteiger partial charge on any atom is 0.251 e. The van der Waals surface area contributed by atoms with Crippen LogP contribution in [0.25, 0.3) is 0 Å². The minimum absolute atomic E-state index is 0.183. The monoisotopic (exact) mass is 392 g/mol. The third-order valence-electron chi connectivity index (χ3n) is 4.57. The molecule has 0 bridgehead atoms. The van der Waals surface area contributed by atoms with Gasteiger partial charge in [-0.25, -0.2) is 8.42 Å². The summed E-state index contributed by atoms with van der Waals surface area (Å²) in [6, 6.07) is 10.2. The predicted molar refractivity (Wildman–Crippen MR) is 104 cm³/mol. The van der Waals surface area contributed by atoms with Crippen LogP contribution in [0, 0.1) is 11.8 Å². The van der Waals surface area contributed by atoms with Gasteiger partial charge in [-0.05, 0) is 47.9 Å². The van der Waals surface area contributed by atoms with Gasteiger partial charge in [0.15, 0.2) is 0 Å². The molecule has 1 aliphatic heterocycles. The molecule has 0 spiro atoms. The van der Waals surface area contributed by atoms with Crippen LogP contribution in [0.15, 0.2) is 46.7 Å². The van der Waals surface area contributed by atoms with Gasteiger partial charge in [0.2, 0.25) is 10.0 Å². The van der Waals surface area contributed by atoms with E-state index in [1.54, 1.807) is 33.8 Å². The van der Waals surface area contributed by atoms with Gasteiger partial charge in [-0.2, -0.15) is 4.31 Å². The molecule has 1 N–H and O–H groups in total. The molecular formula is C19H24N2O3S2. The summed E-state index contributed by atoms with van der Waals surface area (Å²) in [5.74, 6) is 0.410. The van der Waals surface area contributed by atoms with Crippen LogP contribution < -0.4 is 5.32 Å². The number of benzene rings is 1. The summed E-state index contributed by atoms with van der Waals surface area (Å²) in [4.78, 5) is 13.6. The number of piperidine rings is 1. The van der Waals surface area contributed by atoms with Gasteiger partial charge in [0.25, 0.3) is 5.91 Å². The quantitative estimate of drug-likeness (QED) is 0.849. The molecule has 1 aromatic carbocycles. The van der Waals surface area contributed by atoms with Crippen LogP contribution in [0.4, 0.5) is 0 Å². The third-order valence-corrected chi connectivity index (χ3v) is 7.28. The van der Waals surface area contributed by atoms with E-state index in [9.17, 15) is 13.2 Å². The predicted octanol–water partition coefficient (Wildman–Crippen LogP) is 3.34. The van der Waals surface area contributed by atoms with Crippen LogP contribution in [0.2, 0.25) is 0 Å². The lowest BCUT2D eigenvalue weighted by atomic mass is 9.94. The number of amides is 1. The molecule has 1 amide bonds. The van der Waals surface area contributed by atoms with Crippen LogP contribution in [-0.2, 0) is 16.6 Å². The Balaban J connectivity index is 1.76. The molecule has 1 saturated heterocycles. The van der Waals surface area contributed by atoms with Gasteiger partial charge in [-0.1, -0.05) is 26.0 Å². The Morgan fingerprint density at radius 1 is 1.19 bits per heavy atom. The van der Waals surface area contributed by atoms with Crippen molar-refractivity contribution >= 4 is 27.3 Å². The molecule has 5 nitrogen and oxygen atoms in total. The highest BCUT2D eigenvalue weighted by Gasteiger charge is 2.31. The number of hydrogen-bond acceptors (Lipinski definition) is 4. The van der Waals surface area contributed by atoms with Gasteiger partial charge < -0.3 is 5.32 Å². The van der Waals surface area contributed by atoms with E-state index in [4.69, 9.17) is 0 Å². The number of thiophene rings is 1. The average molecular weight is 393 g/mol. The van der Waals surface area contributed by atoms with Crippen LogP contribution in [0.3, 0.4) is 0 Å². The highest BCUT2D eigenvalue weighted by atomic mass is 32.2. The molecule has 2 unspecified atom stereocenters. The molecule has 7 heteroatoms. The molecule has 3 rings (SSSR count). The zero-order valence-electron chi connectivity index (χ0n) is 15.0. The molecule has 1 fully saturated rings. The van der Waals surface area contributed by atoms with Crippen LogP contribution in [0.5, 0.6) is 0 Å². The number of rotatable bonds is 5. The van der Waals surface area contributed by atoms with E-state index in [-0.39, 0.29) is 10.8 Å². The van der Waals surface area contributed by atoms with E-state index >= 15 is 0 Å². The van der Waals surface area contributed by atoms with Crippen molar-refractivity contribution in [2.75, 3.05) is 13.1 Å². The van der Waals surface area contributed by atoms with E-state index in [1.807, 2.05) is 17.5 Å². The summed E-state index contributed by atoms with van der Waals surface area (Å²) in [5.41, 5.74) is 0.362. The molecule has 26 heavy (non-hydrogen) atoms. The Labute approximate surface area is 159 Å². The molecule has 0 aliphatic carbocycles. The van der Waals surface area contributed by atoms with E-state index in [1.165, 1.54) is 6.07 Å². The van der Waals surface area contributed by atoms with Crippen LogP contribution >= 0.6 is 11.3 Å². The van der Waals surface area contributed by atoms with Gasteiger partial charge in [0.05, 0.1) is 11.4 Å². The minimum atomic E-state index is -3.59. The van der Waals surface area contributed by atoms with Gasteiger partial charge in [0, 0.05) is 23.5 Å². The highest BCUT2D eigenvalue weighted by Crippen LogP contribution is 2.27. The summed E-state index contributed by atoms with van der Waals surface area (Å²) in [6.45, 7) is 5.65. The topological polar surface area (TPSA) is 66.5 Å². The second-order valence-corrected chi connectivity index (χ2v) is 10.0. The Morgan fingerprint density at radius 2 is 1.92 bits per heavy atom. The molecule has 2 atom stereocenters. The Morgan fingerprint density at radius 3 is 2.58 bits per heavy atom. The minimum Gasteiger partial charge on any atom is -0.347 e. The highest BCUT2D eigenvalue weighted by molar-refractivity contribution is 7.89. The molecular weight excluding hydrogens is 368 g/mol. The van der Waals surface area contributed by atoms with Crippen molar-refractivity contribution in [2.45, 2.75) is 31.7 Å². The molecule has 0 saturated carbocycles. The lowest BCUT2D eigenvalue weighted by Crippen LogP contribution is -2.42. The van der Waals surface area contributed by atoms with Gasteiger partial charge in [0.1, 0.15) is 0 Å². The number of carbonyl (C=O) groups is 1. The van der Waals surface area contributed by atoms with Crippen molar-refractivity contribution < 1.29 is 13.2 Å². The van der Waals surface area contributed by atoms with Crippen molar-refractivity contribution in [2.24, 2.45) is 11.8 Å². The zero-order valence-corrected chi connectivity index (χ0v) is 16.6. The fourth-order valence-corrected chi connectivity index (χ4v) is 5.80. The Kier molecular flexibility index (Phi) is 5.79. The molecule has 1 aromatic heterocycles. The van der Waals surface area contributed by atoms with Crippen molar-refractivity contribution in [3.63, 3.8) is 0 Å². The fourth-order valence-electron chi connectivity index (χ4n) is 3.43. The second kappa shape index (κ2) is 7.90. The standard InChI is InChI=1S/C19H24N2O3S2/c1-14-9-15(2)13-21(12-14)26(23,24)18-7-3-5-16(10-18)19(22)20-11-17-6-4-8-25-17/h3-8,10,14-15H,9,11-13H2,1-2H3,(H,20,22). The molecule has 0 radical (unpaired) electrons. The van der Waals surface area contributed by atoms with Gasteiger partial charge in [-0.3, -0.25) is 4.79 Å². The van der Waals surface area contributed by atoms with E-state index < -0.39 is 10.0 Å². The lowest BCUT2D eigenvalue weighted by Gasteiger charge is -2.34. The van der Waals surface area contributed by atoms with Crippen molar-refractivity contribution in [1.82, 2.24) is 9.62 Å². The number of nitrogens with zero attached hydrogens (tertiary/aromatic N) is 1. The van der Waals surface area contributed by atoms with E-state index in [2.05, 4.69) is 19.2 Å². The van der Waals surface area contributed by atoms with Crippen LogP contribution in [0.1, 0.15) is 35.5 Å². The second-order valence-electron chi connectivity index (χ2n) is 7.06. The number of sulfonamides is 1. The van der Waals surface area contributed by atoms with Crippen molar-refractivity contribution in [3.05, 3.63) is 52.2 Å². The van der Waals surface area contributed by atoms with Crippen molar-refractivity contribution in [1.29, 1.82) is 0 Å². The summed E-state index contributed by atoms with van der Waals surface area (Å²) in [7, 11) is -3.59. The molecule has 2 heterocycles. The largest absolute Gasteiger partial charge is 0.347 e. The third kappa shape index (κ3) is 4.34. The zero-order chi connectivity index (χ0) is 18.7. The number of nitrogens with one attached hydrogen (secondary N) is 1. The Hall–Kier alpha value is -1.70. The number of carbonyl (C=O) groups excluding carboxylic acids is 1. The number of hydrogen-bond donors (Lipinski definition) is 1. The molecule has 1 aliphatic rings. The molecule has 140 valence electrons. The van der Waals surface area contributed by atoms with E-state index in [0.29, 0.717) is 37.0 Å². The smallest absolute Gasteiger partial charge is 0.251 e. The first-order valence-electron chi connectivity index (χ1n) is 8.77. The first-order valence-corrected chi connectivity index (χ1v) is 11.1. The first-order chi connectivity index (χ1) is 12.4. The fraction of sp³-hybridized carbons (Fsp3) is 0.421. The normalized spacial score (nSPS) is 21.5. The van der Waals surface area contributed by atoms with E-state index in [0.717, 1.165) is 11.3 Å². The van der Waals surface area contributed by atoms with Crippen LogP contribution in [-0.4, -0.2) is 31.7 Å². The first kappa shape index (κ1) is 19.1. The summed E-state index contributed by atoms with van der Waals surface area (Å²) >= 11 is 1.57. The average Bonchev–Trinajstić information content (AvgIpc) is 3.12. The SMILES string of the molecule is CC1CC(C)CN(S(=O)(=O)c2cccc(C(=O)NCc3cccs3)c2)C1. The van der Waals surface area contributed by atoms with Gasteiger partial charge in [-0.15, -0.1) is 11.3 Å². The summed E-state index contributed by atoms with van der Waals surface area (Å²) in [6.07, 6.45) is 1.04. The van der Waals surface area contributed by atoms with Gasteiger partial charge >= 0.3 is 0 Å². The lowest BCUT2D eigenvalue weighted by molar-refractivity contribution is 0.0951. The maximum atomic E-state index is 13.0.